The fourth-order valence-corrected chi connectivity index (χ4v) is 1.50. The van der Waals surface area contributed by atoms with Gasteiger partial charge in [0.15, 0.2) is 6.29 Å². The topological polar surface area (TPSA) is 64.7 Å². The second kappa shape index (κ2) is 3.30. The number of aliphatic hydroxyl groups is 1. The standard InChI is InChI=1S/C8H17NO3/c1-5-8(2,11-3)6(9)4-7(10)12-5/h5-7,10H,4,9H2,1-3H3. The molecule has 0 aromatic carbocycles. The Labute approximate surface area is 72.6 Å². The molecular weight excluding hydrogens is 158 g/mol. The first-order valence-electron chi connectivity index (χ1n) is 4.15. The van der Waals surface area contributed by atoms with E-state index in [1.807, 2.05) is 13.8 Å². The van der Waals surface area contributed by atoms with E-state index in [9.17, 15) is 5.11 Å². The molecule has 1 rings (SSSR count). The van der Waals surface area contributed by atoms with E-state index in [2.05, 4.69) is 0 Å². The lowest BCUT2D eigenvalue weighted by Gasteiger charge is -2.44. The third-order valence-corrected chi connectivity index (χ3v) is 2.80. The lowest BCUT2D eigenvalue weighted by atomic mass is 9.86. The molecular formula is C8H17NO3. The zero-order valence-corrected chi connectivity index (χ0v) is 7.78. The van der Waals surface area contributed by atoms with Crippen LogP contribution in [-0.2, 0) is 9.47 Å². The molecule has 0 aromatic heterocycles. The van der Waals surface area contributed by atoms with Gasteiger partial charge < -0.3 is 20.3 Å². The van der Waals surface area contributed by atoms with Gasteiger partial charge in [-0.05, 0) is 13.8 Å². The fourth-order valence-electron chi connectivity index (χ4n) is 1.50. The van der Waals surface area contributed by atoms with E-state index in [4.69, 9.17) is 15.2 Å². The van der Waals surface area contributed by atoms with Crippen LogP contribution in [0.3, 0.4) is 0 Å². The molecule has 1 fully saturated rings. The minimum atomic E-state index is -0.752. The summed E-state index contributed by atoms with van der Waals surface area (Å²) < 4.78 is 10.5. The Morgan fingerprint density at radius 1 is 1.67 bits per heavy atom. The van der Waals surface area contributed by atoms with Crippen molar-refractivity contribution in [1.82, 2.24) is 0 Å². The lowest BCUT2D eigenvalue weighted by Crippen LogP contribution is -2.60. The van der Waals surface area contributed by atoms with Crippen LogP contribution in [0.5, 0.6) is 0 Å². The highest BCUT2D eigenvalue weighted by Crippen LogP contribution is 2.29. The monoisotopic (exact) mass is 175 g/mol. The zero-order chi connectivity index (χ0) is 9.35. The van der Waals surface area contributed by atoms with E-state index >= 15 is 0 Å². The van der Waals surface area contributed by atoms with E-state index in [1.165, 1.54) is 0 Å². The Morgan fingerprint density at radius 3 is 2.67 bits per heavy atom. The minimum absolute atomic E-state index is 0.179. The molecule has 4 unspecified atom stereocenters. The van der Waals surface area contributed by atoms with Crippen molar-refractivity contribution in [2.24, 2.45) is 5.73 Å². The number of hydrogen-bond donors (Lipinski definition) is 2. The molecule has 0 radical (unpaired) electrons. The van der Waals surface area contributed by atoms with Gasteiger partial charge in [-0.15, -0.1) is 0 Å². The second-order valence-electron chi connectivity index (χ2n) is 3.46. The summed E-state index contributed by atoms with van der Waals surface area (Å²) in [5.74, 6) is 0. The van der Waals surface area contributed by atoms with Gasteiger partial charge >= 0.3 is 0 Å². The van der Waals surface area contributed by atoms with Gasteiger partial charge in [-0.25, -0.2) is 0 Å². The highest BCUT2D eigenvalue weighted by molar-refractivity contribution is 4.96. The molecule has 72 valence electrons. The normalized spacial score (nSPS) is 49.2. The lowest BCUT2D eigenvalue weighted by molar-refractivity contribution is -0.239. The first kappa shape index (κ1) is 9.92. The van der Waals surface area contributed by atoms with Crippen LogP contribution in [0.4, 0.5) is 0 Å². The smallest absolute Gasteiger partial charge is 0.156 e. The number of rotatable bonds is 1. The van der Waals surface area contributed by atoms with E-state index in [-0.39, 0.29) is 12.1 Å². The van der Waals surface area contributed by atoms with Crippen LogP contribution in [0, 0.1) is 0 Å². The summed E-state index contributed by atoms with van der Waals surface area (Å²) in [5.41, 5.74) is 5.35. The average molecular weight is 175 g/mol. The Hall–Kier alpha value is -0.160. The first-order valence-corrected chi connectivity index (χ1v) is 4.15. The Bertz CT molecular complexity index is 150. The highest BCUT2D eigenvalue weighted by atomic mass is 16.6. The van der Waals surface area contributed by atoms with Gasteiger partial charge in [0, 0.05) is 19.6 Å². The van der Waals surface area contributed by atoms with Crippen LogP contribution in [0.1, 0.15) is 20.3 Å². The molecule has 4 heteroatoms. The van der Waals surface area contributed by atoms with Gasteiger partial charge in [-0.2, -0.15) is 0 Å². The third kappa shape index (κ3) is 1.47. The number of aliphatic hydroxyl groups excluding tert-OH is 1. The zero-order valence-electron chi connectivity index (χ0n) is 7.78. The SMILES string of the molecule is COC1(C)C(N)CC(O)OC1C. The molecule has 3 N–H and O–H groups in total. The minimum Gasteiger partial charge on any atom is -0.374 e. The van der Waals surface area contributed by atoms with Crippen LogP contribution in [0.25, 0.3) is 0 Å². The predicted octanol–water partition coefficient (Wildman–Crippen LogP) is -0.154. The summed E-state index contributed by atoms with van der Waals surface area (Å²) in [6.07, 6.45) is -0.506. The van der Waals surface area contributed by atoms with Gasteiger partial charge in [0.2, 0.25) is 0 Å². The second-order valence-corrected chi connectivity index (χ2v) is 3.46. The van der Waals surface area contributed by atoms with Gasteiger partial charge in [-0.3, -0.25) is 0 Å². The number of hydrogen-bond acceptors (Lipinski definition) is 4. The summed E-state index contributed by atoms with van der Waals surface area (Å²) in [6, 6.07) is -0.179. The molecule has 1 heterocycles. The van der Waals surface area contributed by atoms with Crippen molar-refractivity contribution in [3.63, 3.8) is 0 Å². The summed E-state index contributed by atoms with van der Waals surface area (Å²) in [6.45, 7) is 3.75. The Morgan fingerprint density at radius 2 is 2.25 bits per heavy atom. The molecule has 4 atom stereocenters. The third-order valence-electron chi connectivity index (χ3n) is 2.80. The molecule has 12 heavy (non-hydrogen) atoms. The van der Waals surface area contributed by atoms with Crippen molar-refractivity contribution < 1.29 is 14.6 Å². The molecule has 0 aliphatic carbocycles. The van der Waals surface area contributed by atoms with Crippen molar-refractivity contribution in [2.45, 2.75) is 44.3 Å². The van der Waals surface area contributed by atoms with Gasteiger partial charge in [0.1, 0.15) is 5.60 Å². The predicted molar refractivity (Wildman–Crippen MR) is 44.6 cm³/mol. The average Bonchev–Trinajstić information content (AvgIpc) is 2.00. The summed E-state index contributed by atoms with van der Waals surface area (Å²) in [5, 5.41) is 9.22. The molecule has 0 spiro atoms. The van der Waals surface area contributed by atoms with Crippen molar-refractivity contribution >= 4 is 0 Å². The molecule has 1 aliphatic rings. The van der Waals surface area contributed by atoms with E-state index in [0.717, 1.165) is 0 Å². The Kier molecular flexibility index (Phi) is 2.73. The van der Waals surface area contributed by atoms with Crippen molar-refractivity contribution in [3.05, 3.63) is 0 Å². The maximum atomic E-state index is 9.22. The highest BCUT2D eigenvalue weighted by Gasteiger charge is 2.44. The van der Waals surface area contributed by atoms with Crippen LogP contribution in [-0.4, -0.2) is 36.3 Å². The molecule has 0 bridgehead atoms. The van der Waals surface area contributed by atoms with Crippen molar-refractivity contribution in [2.75, 3.05) is 7.11 Å². The first-order chi connectivity index (χ1) is 5.50. The van der Waals surface area contributed by atoms with E-state index in [0.29, 0.717) is 6.42 Å². The molecule has 0 aromatic rings. The van der Waals surface area contributed by atoms with Gasteiger partial charge in [0.25, 0.3) is 0 Å². The number of nitrogens with two attached hydrogens (primary N) is 1. The molecule has 1 aliphatic heterocycles. The van der Waals surface area contributed by atoms with E-state index < -0.39 is 11.9 Å². The Balaban J connectivity index is 2.73. The molecule has 0 amide bonds. The van der Waals surface area contributed by atoms with Crippen LogP contribution < -0.4 is 5.73 Å². The van der Waals surface area contributed by atoms with Crippen LogP contribution in [0.2, 0.25) is 0 Å². The van der Waals surface area contributed by atoms with Crippen molar-refractivity contribution in [1.29, 1.82) is 0 Å². The maximum Gasteiger partial charge on any atom is 0.156 e. The largest absolute Gasteiger partial charge is 0.374 e. The van der Waals surface area contributed by atoms with Gasteiger partial charge in [-0.1, -0.05) is 0 Å². The molecule has 0 saturated carbocycles. The quantitative estimate of drug-likeness (QED) is 0.581. The number of ether oxygens (including phenoxy) is 2. The molecule has 1 saturated heterocycles. The number of methoxy groups -OCH3 is 1. The summed E-state index contributed by atoms with van der Waals surface area (Å²) in [7, 11) is 1.61. The van der Waals surface area contributed by atoms with Gasteiger partial charge in [0.05, 0.1) is 6.10 Å². The molecule has 4 nitrogen and oxygen atoms in total. The fraction of sp³-hybridized carbons (Fsp3) is 1.00. The van der Waals surface area contributed by atoms with Crippen LogP contribution >= 0.6 is 0 Å². The van der Waals surface area contributed by atoms with Crippen molar-refractivity contribution in [3.8, 4) is 0 Å². The maximum absolute atomic E-state index is 9.22. The van der Waals surface area contributed by atoms with Crippen LogP contribution in [0.15, 0.2) is 0 Å². The van der Waals surface area contributed by atoms with E-state index in [1.54, 1.807) is 7.11 Å². The summed E-state index contributed by atoms with van der Waals surface area (Å²) in [4.78, 5) is 0. The summed E-state index contributed by atoms with van der Waals surface area (Å²) >= 11 is 0.